The minimum atomic E-state index is 0.127. The maximum atomic E-state index is 11.2. The summed E-state index contributed by atoms with van der Waals surface area (Å²) in [4.78, 5) is 15.5. The summed E-state index contributed by atoms with van der Waals surface area (Å²) in [6.07, 6.45) is 3.65. The Morgan fingerprint density at radius 1 is 1.26 bits per heavy atom. The van der Waals surface area contributed by atoms with Gasteiger partial charge in [0.15, 0.2) is 0 Å². The third-order valence-corrected chi connectivity index (χ3v) is 3.17. The Kier molecular flexibility index (Phi) is 2.56. The van der Waals surface area contributed by atoms with E-state index in [2.05, 4.69) is 4.98 Å². The van der Waals surface area contributed by atoms with Crippen LogP contribution in [-0.4, -0.2) is 20.9 Å². The predicted octanol–water partition coefficient (Wildman–Crippen LogP) is 2.50. The maximum absolute atomic E-state index is 11.2. The Morgan fingerprint density at radius 2 is 2.11 bits per heavy atom. The van der Waals surface area contributed by atoms with Gasteiger partial charge in [-0.3, -0.25) is 9.36 Å². The first-order valence-electron chi connectivity index (χ1n) is 5.86. The number of phenolic OH excluding ortho intramolecular Hbond substituents is 1. The molecule has 19 heavy (non-hydrogen) atoms. The highest BCUT2D eigenvalue weighted by atomic mass is 16.3. The van der Waals surface area contributed by atoms with Crippen LogP contribution >= 0.6 is 0 Å². The molecule has 2 aromatic heterocycles. The second-order valence-electron chi connectivity index (χ2n) is 4.29. The van der Waals surface area contributed by atoms with Crippen molar-refractivity contribution in [1.29, 1.82) is 0 Å². The SMILES string of the molecule is Cc1c([C]=O)c2cc(O)ccc2n1-c1ccccn1. The Hall–Kier alpha value is -2.62. The van der Waals surface area contributed by atoms with Gasteiger partial charge in [-0.2, -0.15) is 0 Å². The van der Waals surface area contributed by atoms with E-state index < -0.39 is 0 Å². The van der Waals surface area contributed by atoms with Crippen molar-refractivity contribution >= 4 is 17.2 Å². The molecule has 0 bridgehead atoms. The molecule has 0 atom stereocenters. The third kappa shape index (κ3) is 1.69. The van der Waals surface area contributed by atoms with E-state index in [1.165, 1.54) is 0 Å². The Labute approximate surface area is 109 Å². The number of hydrogen-bond acceptors (Lipinski definition) is 3. The molecule has 3 rings (SSSR count). The predicted molar refractivity (Wildman–Crippen MR) is 72.3 cm³/mol. The summed E-state index contributed by atoms with van der Waals surface area (Å²) in [6, 6.07) is 10.5. The van der Waals surface area contributed by atoms with Gasteiger partial charge in [-0.25, -0.2) is 4.98 Å². The first-order chi connectivity index (χ1) is 9.22. The maximum Gasteiger partial charge on any atom is 0.236 e. The zero-order valence-corrected chi connectivity index (χ0v) is 10.3. The molecule has 4 nitrogen and oxygen atoms in total. The van der Waals surface area contributed by atoms with Crippen molar-refractivity contribution in [1.82, 2.24) is 9.55 Å². The van der Waals surface area contributed by atoms with Crippen LogP contribution in [0.4, 0.5) is 0 Å². The number of phenols is 1. The standard InChI is InChI=1S/C15H11N2O2/c1-10-13(9-18)12-8-11(19)5-6-14(12)17(10)15-4-2-3-7-16-15/h2-8,19H,1H3. The van der Waals surface area contributed by atoms with E-state index in [1.807, 2.05) is 36.0 Å². The number of nitrogens with zero attached hydrogens (tertiary/aromatic N) is 2. The molecule has 0 amide bonds. The largest absolute Gasteiger partial charge is 0.508 e. The topological polar surface area (TPSA) is 55.1 Å². The summed E-state index contributed by atoms with van der Waals surface area (Å²) >= 11 is 0. The van der Waals surface area contributed by atoms with Gasteiger partial charge in [0.2, 0.25) is 6.29 Å². The van der Waals surface area contributed by atoms with Crippen molar-refractivity contribution in [2.75, 3.05) is 0 Å². The van der Waals surface area contributed by atoms with Crippen LogP contribution in [0.15, 0.2) is 42.6 Å². The van der Waals surface area contributed by atoms with Crippen LogP contribution in [0.2, 0.25) is 0 Å². The molecule has 0 aliphatic carbocycles. The van der Waals surface area contributed by atoms with Crippen LogP contribution in [0.5, 0.6) is 5.75 Å². The van der Waals surface area contributed by atoms with Gasteiger partial charge in [-0.05, 0) is 37.3 Å². The second-order valence-corrected chi connectivity index (χ2v) is 4.29. The first kappa shape index (κ1) is 11.5. The fraction of sp³-hybridized carbons (Fsp3) is 0.0667. The number of aromatic nitrogens is 2. The van der Waals surface area contributed by atoms with Crippen molar-refractivity contribution in [3.63, 3.8) is 0 Å². The monoisotopic (exact) mass is 251 g/mol. The van der Waals surface area contributed by atoms with E-state index in [-0.39, 0.29) is 5.75 Å². The lowest BCUT2D eigenvalue weighted by atomic mass is 10.1. The van der Waals surface area contributed by atoms with Crippen LogP contribution in [0, 0.1) is 6.92 Å². The average molecular weight is 251 g/mol. The van der Waals surface area contributed by atoms with Gasteiger partial charge in [0.25, 0.3) is 0 Å². The van der Waals surface area contributed by atoms with Crippen molar-refractivity contribution in [3.8, 4) is 11.6 Å². The molecule has 1 aromatic carbocycles. The zero-order chi connectivity index (χ0) is 13.4. The fourth-order valence-corrected chi connectivity index (χ4v) is 2.32. The Morgan fingerprint density at radius 3 is 2.79 bits per heavy atom. The van der Waals surface area contributed by atoms with E-state index in [0.717, 1.165) is 17.0 Å². The van der Waals surface area contributed by atoms with E-state index in [1.54, 1.807) is 24.4 Å². The molecule has 0 aliphatic heterocycles. The lowest BCUT2D eigenvalue weighted by Gasteiger charge is -2.06. The molecule has 0 saturated carbocycles. The third-order valence-electron chi connectivity index (χ3n) is 3.17. The van der Waals surface area contributed by atoms with Crippen LogP contribution in [0.3, 0.4) is 0 Å². The van der Waals surface area contributed by atoms with Crippen molar-refractivity contribution in [2.24, 2.45) is 0 Å². The minimum Gasteiger partial charge on any atom is -0.508 e. The summed E-state index contributed by atoms with van der Waals surface area (Å²) in [5.41, 5.74) is 2.04. The average Bonchev–Trinajstić information content (AvgIpc) is 2.70. The quantitative estimate of drug-likeness (QED) is 0.761. The molecule has 0 spiro atoms. The molecule has 4 heteroatoms. The molecule has 0 unspecified atom stereocenters. The van der Waals surface area contributed by atoms with Crippen molar-refractivity contribution in [3.05, 3.63) is 53.9 Å². The van der Waals surface area contributed by atoms with Crippen LogP contribution in [0.1, 0.15) is 11.3 Å². The molecule has 0 fully saturated rings. The van der Waals surface area contributed by atoms with E-state index in [9.17, 15) is 9.90 Å². The summed E-state index contributed by atoms with van der Waals surface area (Å²) < 4.78 is 1.88. The Balaban J connectivity index is 2.43. The minimum absolute atomic E-state index is 0.127. The number of aromatic hydroxyl groups is 1. The van der Waals surface area contributed by atoms with Crippen molar-refractivity contribution < 1.29 is 9.90 Å². The molecule has 1 N–H and O–H groups in total. The molecule has 2 heterocycles. The second kappa shape index (κ2) is 4.24. The molecule has 0 aliphatic rings. The van der Waals surface area contributed by atoms with Gasteiger partial charge in [0.1, 0.15) is 11.6 Å². The number of hydrogen-bond donors (Lipinski definition) is 1. The number of carbonyl (C=O) groups excluding carboxylic acids is 1. The fourth-order valence-electron chi connectivity index (χ4n) is 2.32. The number of fused-ring (bicyclic) bond motifs is 1. The molecular formula is C15H11N2O2. The highest BCUT2D eigenvalue weighted by molar-refractivity contribution is 6.00. The van der Waals surface area contributed by atoms with Gasteiger partial charge >= 0.3 is 0 Å². The molecule has 3 aromatic rings. The summed E-state index contributed by atoms with van der Waals surface area (Å²) in [7, 11) is 0. The van der Waals surface area contributed by atoms with Crippen molar-refractivity contribution in [2.45, 2.75) is 6.92 Å². The highest BCUT2D eigenvalue weighted by Gasteiger charge is 2.16. The normalized spacial score (nSPS) is 10.8. The van der Waals surface area contributed by atoms with Gasteiger partial charge in [0, 0.05) is 17.3 Å². The van der Waals surface area contributed by atoms with Crippen LogP contribution in [0.25, 0.3) is 16.7 Å². The number of pyridine rings is 1. The highest BCUT2D eigenvalue weighted by Crippen LogP contribution is 2.29. The zero-order valence-electron chi connectivity index (χ0n) is 10.3. The first-order valence-corrected chi connectivity index (χ1v) is 5.86. The van der Waals surface area contributed by atoms with E-state index in [0.29, 0.717) is 10.9 Å². The van der Waals surface area contributed by atoms with Gasteiger partial charge in [-0.1, -0.05) is 6.07 Å². The van der Waals surface area contributed by atoms with Gasteiger partial charge in [-0.15, -0.1) is 0 Å². The smallest absolute Gasteiger partial charge is 0.236 e. The lowest BCUT2D eigenvalue weighted by molar-refractivity contribution is 0.476. The van der Waals surface area contributed by atoms with Crippen LogP contribution in [-0.2, 0) is 4.79 Å². The molecular weight excluding hydrogens is 240 g/mol. The van der Waals surface area contributed by atoms with E-state index >= 15 is 0 Å². The molecule has 0 saturated heterocycles. The van der Waals surface area contributed by atoms with Gasteiger partial charge in [0.05, 0.1) is 11.1 Å². The Bertz CT molecular complexity index is 761. The lowest BCUT2D eigenvalue weighted by Crippen LogP contribution is -1.99. The van der Waals surface area contributed by atoms with Gasteiger partial charge < -0.3 is 5.11 Å². The molecule has 1 radical (unpaired) electrons. The summed E-state index contributed by atoms with van der Waals surface area (Å²) in [6.45, 7) is 1.84. The molecule has 93 valence electrons. The number of benzene rings is 1. The summed E-state index contributed by atoms with van der Waals surface area (Å²) in [5.74, 6) is 0.861. The summed E-state index contributed by atoms with van der Waals surface area (Å²) in [5, 5.41) is 10.2. The number of rotatable bonds is 2. The van der Waals surface area contributed by atoms with E-state index in [4.69, 9.17) is 0 Å². The van der Waals surface area contributed by atoms with Crippen LogP contribution < -0.4 is 0 Å².